The number of likely N-dealkylation sites (tertiary alicyclic amines) is 1. The maximum Gasteiger partial charge on any atom is 0.119 e. The Balaban J connectivity index is 1.71. The topological polar surface area (TPSA) is 52.9 Å². The zero-order valence-corrected chi connectivity index (χ0v) is 12.5. The van der Waals surface area contributed by atoms with Crippen molar-refractivity contribution in [2.24, 2.45) is 0 Å². The van der Waals surface area contributed by atoms with E-state index in [0.717, 1.165) is 43.8 Å². The second kappa shape index (κ2) is 7.46. The van der Waals surface area contributed by atoms with Crippen molar-refractivity contribution in [3.05, 3.63) is 29.8 Å². The van der Waals surface area contributed by atoms with Gasteiger partial charge in [-0.3, -0.25) is 4.90 Å². The van der Waals surface area contributed by atoms with Gasteiger partial charge >= 0.3 is 0 Å². The molecule has 0 spiro atoms. The highest BCUT2D eigenvalue weighted by Gasteiger charge is 2.26. The van der Waals surface area contributed by atoms with E-state index in [1.807, 2.05) is 31.2 Å². The molecular weight excluding hydrogens is 266 g/mol. The molecule has 4 nitrogen and oxygen atoms in total. The molecule has 2 N–H and O–H groups in total. The predicted molar refractivity (Wildman–Crippen MR) is 82.2 cm³/mol. The molecule has 0 aliphatic carbocycles. The molecule has 1 aliphatic heterocycles. The van der Waals surface area contributed by atoms with Crippen LogP contribution in [0, 0.1) is 11.8 Å². The Hall–Kier alpha value is -1.54. The molecule has 0 radical (unpaired) electrons. The molecule has 0 atom stereocenters. The molecule has 0 unspecified atom stereocenters. The maximum atomic E-state index is 9.90. The van der Waals surface area contributed by atoms with Crippen molar-refractivity contribution in [3.63, 3.8) is 0 Å². The molecule has 1 fully saturated rings. The van der Waals surface area contributed by atoms with Gasteiger partial charge in [-0.2, -0.15) is 0 Å². The van der Waals surface area contributed by atoms with Gasteiger partial charge in [-0.15, -0.1) is 0 Å². The van der Waals surface area contributed by atoms with E-state index < -0.39 is 5.60 Å². The maximum absolute atomic E-state index is 9.90. The molecule has 114 valence electrons. The fourth-order valence-corrected chi connectivity index (χ4v) is 2.33. The molecule has 0 saturated carbocycles. The largest absolute Gasteiger partial charge is 0.492 e. The fraction of sp³-hybridized carbons (Fsp3) is 0.529. The second-order valence-electron chi connectivity index (χ2n) is 5.67. The quantitative estimate of drug-likeness (QED) is 0.819. The first kappa shape index (κ1) is 15.8. The molecule has 0 amide bonds. The summed E-state index contributed by atoms with van der Waals surface area (Å²) in [6.07, 6.45) is 1.65. The molecule has 1 heterocycles. The van der Waals surface area contributed by atoms with Gasteiger partial charge in [0.1, 0.15) is 19.0 Å². The lowest BCUT2D eigenvalue weighted by atomic mass is 9.94. The lowest BCUT2D eigenvalue weighted by Gasteiger charge is -2.35. The fourth-order valence-electron chi connectivity index (χ4n) is 2.33. The van der Waals surface area contributed by atoms with Gasteiger partial charge in [-0.05, 0) is 44.0 Å². The van der Waals surface area contributed by atoms with Crippen LogP contribution in [0.3, 0.4) is 0 Å². The lowest BCUT2D eigenvalue weighted by Crippen LogP contribution is -2.43. The van der Waals surface area contributed by atoms with Gasteiger partial charge in [0, 0.05) is 25.2 Å². The predicted octanol–water partition coefficient (Wildman–Crippen LogP) is 1.26. The van der Waals surface area contributed by atoms with Crippen LogP contribution >= 0.6 is 0 Å². The van der Waals surface area contributed by atoms with Crippen molar-refractivity contribution in [2.45, 2.75) is 25.4 Å². The SMILES string of the molecule is CC1(O)CCN(CCOc2ccc(C#CCO)cc2)CC1. The number of aliphatic hydroxyl groups is 2. The van der Waals surface area contributed by atoms with E-state index in [2.05, 4.69) is 16.7 Å². The summed E-state index contributed by atoms with van der Waals surface area (Å²) in [6.45, 7) is 5.15. The van der Waals surface area contributed by atoms with E-state index in [9.17, 15) is 5.11 Å². The Bertz CT molecular complexity index is 489. The number of rotatable bonds is 4. The third kappa shape index (κ3) is 5.39. The van der Waals surface area contributed by atoms with Crippen molar-refractivity contribution in [3.8, 4) is 17.6 Å². The Labute approximate surface area is 126 Å². The molecule has 1 aromatic carbocycles. The van der Waals surface area contributed by atoms with Gasteiger partial charge in [0.15, 0.2) is 0 Å². The van der Waals surface area contributed by atoms with Crippen LogP contribution in [0.2, 0.25) is 0 Å². The van der Waals surface area contributed by atoms with E-state index in [1.165, 1.54) is 0 Å². The zero-order chi connectivity index (χ0) is 15.1. The number of ether oxygens (including phenoxy) is 1. The summed E-state index contributed by atoms with van der Waals surface area (Å²) in [4.78, 5) is 2.32. The standard InChI is InChI=1S/C17H23NO3/c1-17(20)8-10-18(11-9-17)12-14-21-16-6-4-15(5-7-16)3-2-13-19/h4-7,19-20H,8-14H2,1H3. The van der Waals surface area contributed by atoms with Gasteiger partial charge in [0.25, 0.3) is 0 Å². The zero-order valence-electron chi connectivity index (χ0n) is 12.5. The summed E-state index contributed by atoms with van der Waals surface area (Å²) >= 11 is 0. The lowest BCUT2D eigenvalue weighted by molar-refractivity contribution is -0.00768. The molecule has 1 aliphatic rings. The first-order chi connectivity index (χ1) is 10.1. The summed E-state index contributed by atoms with van der Waals surface area (Å²) < 4.78 is 5.72. The first-order valence-corrected chi connectivity index (χ1v) is 7.36. The van der Waals surface area contributed by atoms with Gasteiger partial charge in [0.05, 0.1) is 5.60 Å². The third-order valence-electron chi connectivity index (χ3n) is 3.78. The molecule has 0 bridgehead atoms. The molecule has 21 heavy (non-hydrogen) atoms. The molecule has 0 aromatic heterocycles. The van der Waals surface area contributed by atoms with Gasteiger partial charge in [-0.1, -0.05) is 11.8 Å². The number of benzene rings is 1. The van der Waals surface area contributed by atoms with Gasteiger partial charge < -0.3 is 14.9 Å². The van der Waals surface area contributed by atoms with Crippen LogP contribution in [0.15, 0.2) is 24.3 Å². The average molecular weight is 289 g/mol. The van der Waals surface area contributed by atoms with Gasteiger partial charge in [0.2, 0.25) is 0 Å². The van der Waals surface area contributed by atoms with E-state index in [0.29, 0.717) is 6.61 Å². The average Bonchev–Trinajstić information content (AvgIpc) is 2.48. The van der Waals surface area contributed by atoms with Crippen LogP contribution in [0.1, 0.15) is 25.3 Å². The van der Waals surface area contributed by atoms with Crippen LogP contribution in [-0.4, -0.2) is 53.6 Å². The number of aliphatic hydroxyl groups excluding tert-OH is 1. The van der Waals surface area contributed by atoms with Gasteiger partial charge in [-0.25, -0.2) is 0 Å². The van der Waals surface area contributed by atoms with Crippen molar-refractivity contribution in [2.75, 3.05) is 32.8 Å². The van der Waals surface area contributed by atoms with Crippen molar-refractivity contribution < 1.29 is 14.9 Å². The number of nitrogens with zero attached hydrogens (tertiary/aromatic N) is 1. The Morgan fingerprint density at radius 2 is 1.90 bits per heavy atom. The summed E-state index contributed by atoms with van der Waals surface area (Å²) in [5.74, 6) is 6.29. The highest BCUT2D eigenvalue weighted by atomic mass is 16.5. The summed E-state index contributed by atoms with van der Waals surface area (Å²) in [5.41, 5.74) is 0.373. The number of hydrogen-bond acceptors (Lipinski definition) is 4. The summed E-state index contributed by atoms with van der Waals surface area (Å²) in [6, 6.07) is 7.55. The molecule has 1 aromatic rings. The Kier molecular flexibility index (Phi) is 5.63. The van der Waals surface area contributed by atoms with E-state index in [1.54, 1.807) is 0 Å². The normalized spacial score (nSPS) is 17.9. The van der Waals surface area contributed by atoms with E-state index in [-0.39, 0.29) is 6.61 Å². The minimum Gasteiger partial charge on any atom is -0.492 e. The van der Waals surface area contributed by atoms with Crippen LogP contribution in [-0.2, 0) is 0 Å². The van der Waals surface area contributed by atoms with Crippen LogP contribution < -0.4 is 4.74 Å². The first-order valence-electron chi connectivity index (χ1n) is 7.36. The van der Waals surface area contributed by atoms with Crippen LogP contribution in [0.5, 0.6) is 5.75 Å². The summed E-state index contributed by atoms with van der Waals surface area (Å²) in [7, 11) is 0. The number of piperidine rings is 1. The smallest absolute Gasteiger partial charge is 0.119 e. The Morgan fingerprint density at radius 1 is 1.24 bits per heavy atom. The summed E-state index contributed by atoms with van der Waals surface area (Å²) in [5, 5.41) is 18.5. The Morgan fingerprint density at radius 3 is 2.52 bits per heavy atom. The van der Waals surface area contributed by atoms with Crippen LogP contribution in [0.25, 0.3) is 0 Å². The monoisotopic (exact) mass is 289 g/mol. The second-order valence-corrected chi connectivity index (χ2v) is 5.67. The van der Waals surface area contributed by atoms with Crippen molar-refractivity contribution >= 4 is 0 Å². The molecular formula is C17H23NO3. The minimum absolute atomic E-state index is 0.124. The highest BCUT2D eigenvalue weighted by Crippen LogP contribution is 2.20. The highest BCUT2D eigenvalue weighted by molar-refractivity contribution is 5.38. The molecule has 1 saturated heterocycles. The molecule has 4 heteroatoms. The van der Waals surface area contributed by atoms with Crippen molar-refractivity contribution in [1.29, 1.82) is 0 Å². The van der Waals surface area contributed by atoms with Crippen LogP contribution in [0.4, 0.5) is 0 Å². The number of hydrogen-bond donors (Lipinski definition) is 2. The van der Waals surface area contributed by atoms with Crippen molar-refractivity contribution in [1.82, 2.24) is 4.90 Å². The molecule has 2 rings (SSSR count). The third-order valence-corrected chi connectivity index (χ3v) is 3.78. The van der Waals surface area contributed by atoms with E-state index in [4.69, 9.17) is 9.84 Å². The minimum atomic E-state index is -0.497. The van der Waals surface area contributed by atoms with E-state index >= 15 is 0 Å².